The number of carbonyl (C=O) groups excluding carboxylic acids is 1. The number of rotatable bonds is 3. The van der Waals surface area contributed by atoms with Crippen LogP contribution in [0.15, 0.2) is 58.8 Å². The molecule has 0 bridgehead atoms. The third kappa shape index (κ3) is 2.72. The van der Waals surface area contributed by atoms with Crippen LogP contribution >= 0.6 is 27.3 Å². The minimum Gasteiger partial charge on any atom is -0.323 e. The summed E-state index contributed by atoms with van der Waals surface area (Å²) >= 11 is 5.21. The average molecular weight is 388 g/mol. The van der Waals surface area contributed by atoms with E-state index in [0.717, 1.165) is 15.7 Å². The van der Waals surface area contributed by atoms with Crippen LogP contribution in [-0.4, -0.2) is 20.4 Å². The lowest BCUT2D eigenvalue weighted by atomic mass is 10.00. The first-order valence-corrected chi connectivity index (χ1v) is 8.97. The number of hydrogen-bond acceptors (Lipinski definition) is 3. The largest absolute Gasteiger partial charge is 0.323 e. The van der Waals surface area contributed by atoms with Crippen molar-refractivity contribution >= 4 is 33.2 Å². The van der Waals surface area contributed by atoms with E-state index in [0.29, 0.717) is 13.1 Å². The van der Waals surface area contributed by atoms with Crippen molar-refractivity contribution < 1.29 is 4.79 Å². The first kappa shape index (κ1) is 14.7. The van der Waals surface area contributed by atoms with Gasteiger partial charge in [-0.2, -0.15) is 0 Å². The Balaban J connectivity index is 1.80. The van der Waals surface area contributed by atoms with Gasteiger partial charge in [0, 0.05) is 9.35 Å². The Morgan fingerprint density at radius 1 is 1.30 bits per heavy atom. The van der Waals surface area contributed by atoms with Crippen LogP contribution in [0.5, 0.6) is 0 Å². The Morgan fingerprint density at radius 2 is 2.22 bits per heavy atom. The molecule has 0 radical (unpaired) electrons. The molecule has 116 valence electrons. The number of amides is 1. The van der Waals surface area contributed by atoms with Crippen LogP contribution in [0.1, 0.15) is 22.2 Å². The van der Waals surface area contributed by atoms with Gasteiger partial charge in [0.15, 0.2) is 0 Å². The van der Waals surface area contributed by atoms with Crippen LogP contribution in [0.3, 0.4) is 0 Å². The van der Waals surface area contributed by atoms with E-state index in [9.17, 15) is 4.79 Å². The van der Waals surface area contributed by atoms with E-state index in [1.807, 2.05) is 39.2 Å². The molecule has 1 unspecified atom stereocenters. The molecule has 0 aliphatic carbocycles. The Labute approximate surface area is 146 Å². The number of benzene rings is 1. The molecule has 0 saturated carbocycles. The third-order valence-electron chi connectivity index (χ3n) is 4.03. The maximum absolute atomic E-state index is 12.7. The van der Waals surface area contributed by atoms with E-state index in [1.165, 1.54) is 4.88 Å². The molecule has 1 amide bonds. The topological polar surface area (TPSA) is 38.1 Å². The van der Waals surface area contributed by atoms with Gasteiger partial charge in [-0.15, -0.1) is 11.3 Å². The third-order valence-corrected chi connectivity index (χ3v) is 5.39. The summed E-state index contributed by atoms with van der Waals surface area (Å²) in [6.45, 7) is 0.976. The average Bonchev–Trinajstić information content (AvgIpc) is 3.19. The molecule has 2 aromatic heterocycles. The minimum atomic E-state index is -0.113. The minimum absolute atomic E-state index is 0.113. The fourth-order valence-electron chi connectivity index (χ4n) is 3.01. The first-order chi connectivity index (χ1) is 11.2. The predicted octanol–water partition coefficient (Wildman–Crippen LogP) is 3.84. The summed E-state index contributed by atoms with van der Waals surface area (Å²) in [6.07, 6.45) is 3.60. The molecule has 1 aliphatic heterocycles. The van der Waals surface area contributed by atoms with E-state index in [4.69, 9.17) is 0 Å². The van der Waals surface area contributed by atoms with Crippen molar-refractivity contribution in [3.63, 3.8) is 0 Å². The van der Waals surface area contributed by atoms with Gasteiger partial charge in [-0.05, 0) is 29.1 Å². The van der Waals surface area contributed by atoms with Crippen molar-refractivity contribution in [3.05, 3.63) is 74.9 Å². The molecule has 4 rings (SSSR count). The number of carbonyl (C=O) groups is 1. The summed E-state index contributed by atoms with van der Waals surface area (Å²) in [4.78, 5) is 20.1. The van der Waals surface area contributed by atoms with Crippen molar-refractivity contribution in [2.24, 2.45) is 0 Å². The van der Waals surface area contributed by atoms with Crippen LogP contribution in [0.4, 0.5) is 0 Å². The summed E-state index contributed by atoms with van der Waals surface area (Å²) in [6, 6.07) is 12.1. The van der Waals surface area contributed by atoms with Crippen molar-refractivity contribution in [1.82, 2.24) is 14.5 Å². The smallest absolute Gasteiger partial charge is 0.243 e. The molecule has 23 heavy (non-hydrogen) atoms. The van der Waals surface area contributed by atoms with Gasteiger partial charge in [-0.3, -0.25) is 4.79 Å². The lowest BCUT2D eigenvalue weighted by Gasteiger charge is -2.36. The SMILES string of the molecule is O=C1Cn2cncc2C(c2cccc(Br)c2)N1Cc1cccs1. The molecule has 0 saturated heterocycles. The van der Waals surface area contributed by atoms with E-state index >= 15 is 0 Å². The quantitative estimate of drug-likeness (QED) is 0.684. The van der Waals surface area contributed by atoms with Gasteiger partial charge in [0.25, 0.3) is 0 Å². The fraction of sp³-hybridized carbons (Fsp3) is 0.176. The standard InChI is InChI=1S/C17H14BrN3OS/c18-13-4-1-3-12(7-13)17-15-8-19-11-20(15)10-16(22)21(17)9-14-5-2-6-23-14/h1-8,11,17H,9-10H2. The summed E-state index contributed by atoms with van der Waals surface area (Å²) in [5.41, 5.74) is 2.14. The van der Waals surface area contributed by atoms with E-state index in [1.54, 1.807) is 17.7 Å². The number of imidazole rings is 1. The fourth-order valence-corrected chi connectivity index (χ4v) is 4.13. The molecule has 1 aromatic carbocycles. The maximum Gasteiger partial charge on any atom is 0.243 e. The van der Waals surface area contributed by atoms with Gasteiger partial charge in [0.05, 0.1) is 30.8 Å². The van der Waals surface area contributed by atoms with Gasteiger partial charge < -0.3 is 9.47 Å². The van der Waals surface area contributed by atoms with E-state index in [2.05, 4.69) is 39.1 Å². The van der Waals surface area contributed by atoms with E-state index in [-0.39, 0.29) is 11.9 Å². The summed E-state index contributed by atoms with van der Waals surface area (Å²) in [5.74, 6) is 0.119. The highest BCUT2D eigenvalue weighted by molar-refractivity contribution is 9.10. The molecule has 3 aromatic rings. The van der Waals surface area contributed by atoms with Crippen molar-refractivity contribution in [2.75, 3.05) is 0 Å². The Hall–Kier alpha value is -1.92. The van der Waals surface area contributed by atoms with Crippen LogP contribution in [0.25, 0.3) is 0 Å². The molecule has 0 N–H and O–H groups in total. The van der Waals surface area contributed by atoms with Gasteiger partial charge in [-0.1, -0.05) is 34.1 Å². The van der Waals surface area contributed by atoms with Crippen molar-refractivity contribution in [3.8, 4) is 0 Å². The summed E-state index contributed by atoms with van der Waals surface area (Å²) < 4.78 is 2.95. The number of aromatic nitrogens is 2. The molecule has 6 heteroatoms. The van der Waals surface area contributed by atoms with Gasteiger partial charge in [-0.25, -0.2) is 4.98 Å². The number of halogens is 1. The molecular weight excluding hydrogens is 374 g/mol. The van der Waals surface area contributed by atoms with Gasteiger partial charge >= 0.3 is 0 Å². The summed E-state index contributed by atoms with van der Waals surface area (Å²) in [7, 11) is 0. The predicted molar refractivity (Wildman–Crippen MR) is 93.1 cm³/mol. The first-order valence-electron chi connectivity index (χ1n) is 7.30. The molecule has 1 atom stereocenters. The maximum atomic E-state index is 12.7. The van der Waals surface area contributed by atoms with E-state index < -0.39 is 0 Å². The molecule has 0 spiro atoms. The molecule has 4 nitrogen and oxygen atoms in total. The normalized spacial score (nSPS) is 17.3. The lowest BCUT2D eigenvalue weighted by Crippen LogP contribution is -2.42. The highest BCUT2D eigenvalue weighted by atomic mass is 79.9. The second-order valence-electron chi connectivity index (χ2n) is 5.50. The second kappa shape index (κ2) is 5.94. The van der Waals surface area contributed by atoms with Crippen molar-refractivity contribution in [1.29, 1.82) is 0 Å². The number of thiophene rings is 1. The Kier molecular flexibility index (Phi) is 3.79. The summed E-state index contributed by atoms with van der Waals surface area (Å²) in [5, 5.41) is 2.04. The number of fused-ring (bicyclic) bond motifs is 1. The monoisotopic (exact) mass is 387 g/mol. The number of nitrogens with zero attached hydrogens (tertiary/aromatic N) is 3. The molecule has 0 fully saturated rings. The highest BCUT2D eigenvalue weighted by Gasteiger charge is 2.34. The zero-order valence-electron chi connectivity index (χ0n) is 12.2. The lowest BCUT2D eigenvalue weighted by molar-refractivity contribution is -0.136. The van der Waals surface area contributed by atoms with Crippen molar-refractivity contribution in [2.45, 2.75) is 19.1 Å². The second-order valence-corrected chi connectivity index (χ2v) is 7.45. The molecule has 1 aliphatic rings. The van der Waals surface area contributed by atoms with Gasteiger partial charge in [0.1, 0.15) is 6.54 Å². The number of hydrogen-bond donors (Lipinski definition) is 0. The van der Waals surface area contributed by atoms with Crippen LogP contribution < -0.4 is 0 Å². The highest BCUT2D eigenvalue weighted by Crippen LogP contribution is 2.35. The molecular formula is C17H14BrN3OS. The zero-order valence-corrected chi connectivity index (χ0v) is 14.6. The van der Waals surface area contributed by atoms with Crippen LogP contribution in [-0.2, 0) is 17.9 Å². The molecule has 3 heterocycles. The van der Waals surface area contributed by atoms with Gasteiger partial charge in [0.2, 0.25) is 5.91 Å². The van der Waals surface area contributed by atoms with Crippen LogP contribution in [0.2, 0.25) is 0 Å². The zero-order chi connectivity index (χ0) is 15.8. The Bertz CT molecular complexity index is 843. The Morgan fingerprint density at radius 3 is 3.00 bits per heavy atom. The van der Waals surface area contributed by atoms with Crippen LogP contribution in [0, 0.1) is 0 Å².